The molecular weight excluding hydrogens is 248 g/mol. The highest BCUT2D eigenvalue weighted by molar-refractivity contribution is 5.25. The molecule has 3 heteroatoms. The van der Waals surface area contributed by atoms with Crippen LogP contribution in [0.2, 0.25) is 0 Å². The van der Waals surface area contributed by atoms with Crippen molar-refractivity contribution < 1.29 is 4.74 Å². The molecule has 20 heavy (non-hydrogen) atoms. The van der Waals surface area contributed by atoms with E-state index >= 15 is 0 Å². The maximum atomic E-state index is 6.06. The normalized spacial score (nSPS) is 13.9. The van der Waals surface area contributed by atoms with Crippen LogP contribution < -0.4 is 5.73 Å². The molecular formula is C17H22N2O. The molecule has 2 rings (SSSR count). The molecule has 0 aliphatic carbocycles. The smallest absolute Gasteiger partial charge is 0.0973 e. The second-order valence-corrected chi connectivity index (χ2v) is 5.14. The molecule has 1 aromatic heterocycles. The number of benzene rings is 1. The fourth-order valence-corrected chi connectivity index (χ4v) is 2.24. The minimum Gasteiger partial charge on any atom is -0.372 e. The number of hydrogen-bond donors (Lipinski definition) is 1. The van der Waals surface area contributed by atoms with Crippen LogP contribution in [-0.2, 0) is 11.2 Å². The van der Waals surface area contributed by atoms with E-state index in [1.165, 1.54) is 5.56 Å². The van der Waals surface area contributed by atoms with Gasteiger partial charge in [-0.3, -0.25) is 4.98 Å². The number of aromatic nitrogens is 1. The molecule has 0 radical (unpaired) electrons. The third kappa shape index (κ3) is 4.15. The number of aryl methyl sites for hydroxylation is 1. The number of hydrogen-bond acceptors (Lipinski definition) is 3. The number of ether oxygens (including phenoxy) is 1. The molecule has 2 unspecified atom stereocenters. The summed E-state index contributed by atoms with van der Waals surface area (Å²) in [5.74, 6) is 0. The Kier molecular flexibility index (Phi) is 5.27. The van der Waals surface area contributed by atoms with Crippen LogP contribution in [0, 0.1) is 6.92 Å². The highest BCUT2D eigenvalue weighted by atomic mass is 16.5. The van der Waals surface area contributed by atoms with Crippen molar-refractivity contribution in [1.82, 2.24) is 4.98 Å². The first kappa shape index (κ1) is 14.7. The van der Waals surface area contributed by atoms with Gasteiger partial charge >= 0.3 is 0 Å². The molecule has 0 bridgehead atoms. The molecule has 0 amide bonds. The van der Waals surface area contributed by atoms with Crippen molar-refractivity contribution in [3.8, 4) is 0 Å². The first-order valence-electron chi connectivity index (χ1n) is 7.00. The van der Waals surface area contributed by atoms with Gasteiger partial charge in [-0.1, -0.05) is 35.9 Å². The first-order valence-corrected chi connectivity index (χ1v) is 7.00. The van der Waals surface area contributed by atoms with Gasteiger partial charge in [0.1, 0.15) is 0 Å². The van der Waals surface area contributed by atoms with Gasteiger partial charge in [-0.25, -0.2) is 0 Å². The van der Waals surface area contributed by atoms with E-state index in [2.05, 4.69) is 30.1 Å². The summed E-state index contributed by atoms with van der Waals surface area (Å²) in [6.45, 7) is 4.68. The molecule has 2 N–H and O–H groups in total. The Hall–Kier alpha value is -1.71. The fraction of sp³-hybridized carbons (Fsp3) is 0.353. The fourth-order valence-electron chi connectivity index (χ4n) is 2.24. The van der Waals surface area contributed by atoms with Gasteiger partial charge < -0.3 is 10.5 Å². The second-order valence-electron chi connectivity index (χ2n) is 5.14. The highest BCUT2D eigenvalue weighted by Crippen LogP contribution is 2.21. The van der Waals surface area contributed by atoms with Crippen molar-refractivity contribution in [3.05, 3.63) is 65.5 Å². The molecule has 0 aliphatic rings. The predicted octanol–water partition coefficient (Wildman–Crippen LogP) is 3.04. The summed E-state index contributed by atoms with van der Waals surface area (Å²) >= 11 is 0. The van der Waals surface area contributed by atoms with Crippen LogP contribution in [0.25, 0.3) is 0 Å². The van der Waals surface area contributed by atoms with Crippen LogP contribution in [0.15, 0.2) is 48.7 Å². The van der Waals surface area contributed by atoms with Crippen LogP contribution >= 0.6 is 0 Å². The monoisotopic (exact) mass is 270 g/mol. The first-order chi connectivity index (χ1) is 9.66. The van der Waals surface area contributed by atoms with E-state index in [1.54, 1.807) is 6.20 Å². The molecule has 0 spiro atoms. The molecule has 2 aromatic rings. The minimum atomic E-state index is -0.0707. The summed E-state index contributed by atoms with van der Waals surface area (Å²) in [4.78, 5) is 4.30. The lowest BCUT2D eigenvalue weighted by Gasteiger charge is -2.22. The summed E-state index contributed by atoms with van der Waals surface area (Å²) in [7, 11) is 0. The lowest BCUT2D eigenvalue weighted by molar-refractivity contribution is 0.0399. The van der Waals surface area contributed by atoms with E-state index in [-0.39, 0.29) is 12.1 Å². The number of nitrogens with zero attached hydrogens (tertiary/aromatic N) is 1. The van der Waals surface area contributed by atoms with Crippen molar-refractivity contribution in [1.29, 1.82) is 0 Å². The summed E-state index contributed by atoms with van der Waals surface area (Å²) in [5, 5.41) is 0. The van der Waals surface area contributed by atoms with Crippen LogP contribution in [0.3, 0.4) is 0 Å². The topological polar surface area (TPSA) is 48.1 Å². The largest absolute Gasteiger partial charge is 0.372 e. The summed E-state index contributed by atoms with van der Waals surface area (Å²) < 4.78 is 5.98. The Balaban J connectivity index is 1.96. The average molecular weight is 270 g/mol. The van der Waals surface area contributed by atoms with Gasteiger partial charge in [0.15, 0.2) is 0 Å². The number of pyridine rings is 1. The zero-order valence-corrected chi connectivity index (χ0v) is 12.1. The van der Waals surface area contributed by atoms with Crippen molar-refractivity contribution >= 4 is 0 Å². The molecule has 0 aliphatic heterocycles. The number of rotatable bonds is 6. The van der Waals surface area contributed by atoms with Crippen LogP contribution in [0.1, 0.15) is 29.8 Å². The van der Waals surface area contributed by atoms with E-state index in [9.17, 15) is 0 Å². The third-order valence-electron chi connectivity index (χ3n) is 3.23. The standard InChI is InChI=1S/C17H22N2O/c1-13-6-5-7-15(12-13)17(14(2)18)20-11-9-16-8-3-4-10-19-16/h3-8,10,12,14,17H,9,11,18H2,1-2H3. The molecule has 3 nitrogen and oxygen atoms in total. The second kappa shape index (κ2) is 7.17. The van der Waals surface area contributed by atoms with Gasteiger partial charge in [0, 0.05) is 24.4 Å². The van der Waals surface area contributed by atoms with Crippen molar-refractivity contribution in [2.45, 2.75) is 32.4 Å². The lowest BCUT2D eigenvalue weighted by atomic mass is 10.0. The van der Waals surface area contributed by atoms with Gasteiger partial charge in [-0.2, -0.15) is 0 Å². The maximum absolute atomic E-state index is 6.06. The van der Waals surface area contributed by atoms with Gasteiger partial charge in [0.25, 0.3) is 0 Å². The molecule has 1 aromatic carbocycles. The summed E-state index contributed by atoms with van der Waals surface area (Å²) in [5.41, 5.74) is 9.46. The molecule has 2 atom stereocenters. The van der Waals surface area contributed by atoms with E-state index < -0.39 is 0 Å². The molecule has 0 fully saturated rings. The molecule has 0 saturated heterocycles. The quantitative estimate of drug-likeness (QED) is 0.877. The van der Waals surface area contributed by atoms with Crippen LogP contribution in [-0.4, -0.2) is 17.6 Å². The van der Waals surface area contributed by atoms with E-state index in [1.807, 2.05) is 31.2 Å². The van der Waals surface area contributed by atoms with Crippen molar-refractivity contribution in [2.75, 3.05) is 6.61 Å². The van der Waals surface area contributed by atoms with E-state index in [0.717, 1.165) is 17.7 Å². The molecule has 106 valence electrons. The Morgan fingerprint density at radius 2 is 2.05 bits per heavy atom. The van der Waals surface area contributed by atoms with Gasteiger partial charge in [0.2, 0.25) is 0 Å². The Morgan fingerprint density at radius 3 is 2.70 bits per heavy atom. The van der Waals surface area contributed by atoms with Crippen molar-refractivity contribution in [2.24, 2.45) is 5.73 Å². The zero-order chi connectivity index (χ0) is 14.4. The lowest BCUT2D eigenvalue weighted by Crippen LogP contribution is -2.27. The molecule has 0 saturated carbocycles. The molecule has 1 heterocycles. The Morgan fingerprint density at radius 1 is 1.20 bits per heavy atom. The predicted molar refractivity (Wildman–Crippen MR) is 81.5 cm³/mol. The van der Waals surface area contributed by atoms with Crippen molar-refractivity contribution in [3.63, 3.8) is 0 Å². The third-order valence-corrected chi connectivity index (χ3v) is 3.23. The summed E-state index contributed by atoms with van der Waals surface area (Å²) in [6, 6.07) is 14.2. The minimum absolute atomic E-state index is 0.0412. The summed E-state index contributed by atoms with van der Waals surface area (Å²) in [6.07, 6.45) is 2.54. The van der Waals surface area contributed by atoms with E-state index in [4.69, 9.17) is 10.5 Å². The van der Waals surface area contributed by atoms with Gasteiger partial charge in [0.05, 0.1) is 12.7 Å². The van der Waals surface area contributed by atoms with Crippen LogP contribution in [0.5, 0.6) is 0 Å². The highest BCUT2D eigenvalue weighted by Gasteiger charge is 2.16. The maximum Gasteiger partial charge on any atom is 0.0973 e. The van der Waals surface area contributed by atoms with Gasteiger partial charge in [-0.15, -0.1) is 0 Å². The van der Waals surface area contributed by atoms with Gasteiger partial charge in [-0.05, 0) is 31.5 Å². The average Bonchev–Trinajstić information content (AvgIpc) is 2.44. The zero-order valence-electron chi connectivity index (χ0n) is 12.1. The number of nitrogens with two attached hydrogens (primary N) is 1. The Bertz CT molecular complexity index is 526. The SMILES string of the molecule is Cc1cccc(C(OCCc2ccccn2)C(C)N)c1. The Labute approximate surface area is 120 Å². The van der Waals surface area contributed by atoms with Crippen LogP contribution in [0.4, 0.5) is 0 Å². The van der Waals surface area contributed by atoms with E-state index in [0.29, 0.717) is 6.61 Å².